The number of hydrogen-bond donors (Lipinski definition) is 2. The maximum atomic E-state index is 11.6. The number of nitrogens with one attached hydrogen (secondary N) is 1. The zero-order chi connectivity index (χ0) is 14.2. The van der Waals surface area contributed by atoms with Crippen LogP contribution in [-0.4, -0.2) is 31.7 Å². The first-order chi connectivity index (χ1) is 8.90. The number of aliphatic carboxylic acids is 1. The van der Waals surface area contributed by atoms with Crippen molar-refractivity contribution in [2.45, 2.75) is 13.8 Å². The zero-order valence-corrected chi connectivity index (χ0v) is 10.8. The van der Waals surface area contributed by atoms with Crippen molar-refractivity contribution in [2.24, 2.45) is 13.0 Å². The van der Waals surface area contributed by atoms with Gasteiger partial charge in [0, 0.05) is 12.4 Å². The highest BCUT2D eigenvalue weighted by molar-refractivity contribution is 6.04. The van der Waals surface area contributed by atoms with Crippen LogP contribution in [0.1, 0.15) is 12.6 Å². The van der Waals surface area contributed by atoms with E-state index in [1.807, 2.05) is 6.92 Å². The summed E-state index contributed by atoms with van der Waals surface area (Å²) in [4.78, 5) is 26.5. The van der Waals surface area contributed by atoms with Gasteiger partial charge >= 0.3 is 5.97 Å². The average Bonchev–Trinajstić information content (AvgIpc) is 2.63. The number of nitrogens with zero attached hydrogens (tertiary/aromatic N) is 3. The van der Waals surface area contributed by atoms with Crippen molar-refractivity contribution < 1.29 is 14.7 Å². The van der Waals surface area contributed by atoms with Gasteiger partial charge in [0.2, 0.25) is 5.91 Å². The fraction of sp³-hybridized carbons (Fsp3) is 0.333. The van der Waals surface area contributed by atoms with Crippen molar-refractivity contribution in [1.82, 2.24) is 14.8 Å². The molecule has 1 atom stereocenters. The predicted octanol–water partition coefficient (Wildman–Crippen LogP) is 0.936. The summed E-state index contributed by atoms with van der Waals surface area (Å²) in [5.74, 6) is -2.84. The second-order valence-corrected chi connectivity index (χ2v) is 4.35. The van der Waals surface area contributed by atoms with E-state index in [1.165, 1.54) is 13.1 Å². The monoisotopic (exact) mass is 262 g/mol. The lowest BCUT2D eigenvalue weighted by molar-refractivity contribution is -0.144. The maximum absolute atomic E-state index is 11.6. The lowest BCUT2D eigenvalue weighted by Gasteiger charge is -2.08. The molecule has 1 amide bonds. The SMILES string of the molecule is Cc1nn(C)c2ncc(NC(=O)C(C)C(=O)O)cc12. The number of carbonyl (C=O) groups excluding carboxylic acids is 1. The molecule has 0 saturated carbocycles. The summed E-state index contributed by atoms with van der Waals surface area (Å²) in [5.41, 5.74) is 1.97. The summed E-state index contributed by atoms with van der Waals surface area (Å²) in [6, 6.07) is 1.73. The van der Waals surface area contributed by atoms with Crippen molar-refractivity contribution >= 4 is 28.6 Å². The Balaban J connectivity index is 2.29. The third-order valence-corrected chi connectivity index (χ3v) is 2.89. The Hall–Kier alpha value is -2.44. The van der Waals surface area contributed by atoms with E-state index in [4.69, 9.17) is 5.11 Å². The molecule has 19 heavy (non-hydrogen) atoms. The minimum absolute atomic E-state index is 0.460. The van der Waals surface area contributed by atoms with Gasteiger partial charge in [-0.3, -0.25) is 14.3 Å². The number of fused-ring (bicyclic) bond motifs is 1. The van der Waals surface area contributed by atoms with Gasteiger partial charge in [-0.25, -0.2) is 4.98 Å². The smallest absolute Gasteiger partial charge is 0.315 e. The number of hydrogen-bond acceptors (Lipinski definition) is 4. The number of aryl methyl sites for hydroxylation is 2. The van der Waals surface area contributed by atoms with Crippen molar-refractivity contribution in [3.8, 4) is 0 Å². The van der Waals surface area contributed by atoms with Crippen molar-refractivity contribution in [1.29, 1.82) is 0 Å². The molecule has 1 unspecified atom stereocenters. The van der Waals surface area contributed by atoms with Gasteiger partial charge < -0.3 is 10.4 Å². The summed E-state index contributed by atoms with van der Waals surface area (Å²) < 4.78 is 1.65. The number of amides is 1. The van der Waals surface area contributed by atoms with Crippen LogP contribution in [-0.2, 0) is 16.6 Å². The number of carboxylic acids is 1. The second kappa shape index (κ2) is 4.68. The van der Waals surface area contributed by atoms with Gasteiger partial charge in [0.05, 0.1) is 17.6 Å². The Kier molecular flexibility index (Phi) is 3.20. The quantitative estimate of drug-likeness (QED) is 0.802. The summed E-state index contributed by atoms with van der Waals surface area (Å²) >= 11 is 0. The highest BCUT2D eigenvalue weighted by Crippen LogP contribution is 2.19. The number of pyridine rings is 1. The van der Waals surface area contributed by atoms with Gasteiger partial charge in [-0.2, -0.15) is 5.10 Å². The molecule has 0 aliphatic heterocycles. The lowest BCUT2D eigenvalue weighted by Crippen LogP contribution is -2.26. The summed E-state index contributed by atoms with van der Waals surface area (Å²) in [6.07, 6.45) is 1.48. The highest BCUT2D eigenvalue weighted by Gasteiger charge is 2.20. The minimum atomic E-state index is -1.16. The van der Waals surface area contributed by atoms with Gasteiger partial charge in [0.25, 0.3) is 0 Å². The Morgan fingerprint density at radius 3 is 2.79 bits per heavy atom. The normalized spacial score (nSPS) is 12.4. The summed E-state index contributed by atoms with van der Waals surface area (Å²) in [7, 11) is 1.78. The number of anilines is 1. The molecule has 0 spiro atoms. The fourth-order valence-electron chi connectivity index (χ4n) is 1.74. The molecular weight excluding hydrogens is 248 g/mol. The molecule has 0 aliphatic rings. The van der Waals surface area contributed by atoms with E-state index in [0.717, 1.165) is 11.1 Å². The average molecular weight is 262 g/mol. The lowest BCUT2D eigenvalue weighted by atomic mass is 10.1. The van der Waals surface area contributed by atoms with Crippen LogP contribution in [0.5, 0.6) is 0 Å². The van der Waals surface area contributed by atoms with E-state index in [2.05, 4.69) is 15.4 Å². The molecule has 2 N–H and O–H groups in total. The van der Waals surface area contributed by atoms with E-state index in [9.17, 15) is 9.59 Å². The molecular formula is C12H14N4O3. The third-order valence-electron chi connectivity index (χ3n) is 2.89. The van der Waals surface area contributed by atoms with Crippen LogP contribution in [0.2, 0.25) is 0 Å². The van der Waals surface area contributed by atoms with E-state index in [-0.39, 0.29) is 0 Å². The topological polar surface area (TPSA) is 97.1 Å². The van der Waals surface area contributed by atoms with Crippen LogP contribution in [0, 0.1) is 12.8 Å². The molecule has 0 aliphatic carbocycles. The molecule has 7 heteroatoms. The van der Waals surface area contributed by atoms with Gasteiger partial charge in [0.1, 0.15) is 5.92 Å². The molecule has 0 radical (unpaired) electrons. The van der Waals surface area contributed by atoms with E-state index in [0.29, 0.717) is 11.3 Å². The summed E-state index contributed by atoms with van der Waals surface area (Å²) in [6.45, 7) is 3.18. The largest absolute Gasteiger partial charge is 0.481 e. The first-order valence-corrected chi connectivity index (χ1v) is 5.73. The molecule has 2 rings (SSSR count). The number of carbonyl (C=O) groups is 2. The summed E-state index contributed by atoms with van der Waals surface area (Å²) in [5, 5.41) is 16.3. The molecule has 0 saturated heterocycles. The molecule has 2 aromatic rings. The minimum Gasteiger partial charge on any atom is -0.481 e. The second-order valence-electron chi connectivity index (χ2n) is 4.35. The molecule has 2 heterocycles. The molecule has 100 valence electrons. The van der Waals surface area contributed by atoms with Gasteiger partial charge in [0.15, 0.2) is 5.65 Å². The van der Waals surface area contributed by atoms with Crippen molar-refractivity contribution in [2.75, 3.05) is 5.32 Å². The molecule has 0 bridgehead atoms. The molecule has 0 aromatic carbocycles. The van der Waals surface area contributed by atoms with E-state index in [1.54, 1.807) is 17.8 Å². The van der Waals surface area contributed by atoms with Crippen LogP contribution >= 0.6 is 0 Å². The Bertz CT molecular complexity index is 662. The highest BCUT2D eigenvalue weighted by atomic mass is 16.4. The van der Waals surface area contributed by atoms with Crippen LogP contribution in [0.25, 0.3) is 11.0 Å². The number of aromatic nitrogens is 3. The van der Waals surface area contributed by atoms with Gasteiger partial charge in [-0.15, -0.1) is 0 Å². The van der Waals surface area contributed by atoms with E-state index >= 15 is 0 Å². The number of rotatable bonds is 3. The predicted molar refractivity (Wildman–Crippen MR) is 68.7 cm³/mol. The maximum Gasteiger partial charge on any atom is 0.315 e. The van der Waals surface area contributed by atoms with Gasteiger partial charge in [-0.05, 0) is 19.9 Å². The number of carboxylic acid groups (broad SMARTS) is 1. The van der Waals surface area contributed by atoms with Crippen LogP contribution in [0.15, 0.2) is 12.3 Å². The molecule has 0 fully saturated rings. The Morgan fingerprint density at radius 2 is 2.16 bits per heavy atom. The molecule has 2 aromatic heterocycles. The van der Waals surface area contributed by atoms with Crippen molar-refractivity contribution in [3.05, 3.63) is 18.0 Å². The van der Waals surface area contributed by atoms with Crippen LogP contribution < -0.4 is 5.32 Å². The zero-order valence-electron chi connectivity index (χ0n) is 10.8. The van der Waals surface area contributed by atoms with Gasteiger partial charge in [-0.1, -0.05) is 0 Å². The van der Waals surface area contributed by atoms with Crippen molar-refractivity contribution in [3.63, 3.8) is 0 Å². The first kappa shape index (κ1) is 13.0. The Morgan fingerprint density at radius 1 is 1.47 bits per heavy atom. The fourth-order valence-corrected chi connectivity index (χ4v) is 1.74. The van der Waals surface area contributed by atoms with Crippen LogP contribution in [0.3, 0.4) is 0 Å². The van der Waals surface area contributed by atoms with Crippen LogP contribution in [0.4, 0.5) is 5.69 Å². The molecule has 7 nitrogen and oxygen atoms in total. The first-order valence-electron chi connectivity index (χ1n) is 5.73. The standard InChI is InChI=1S/C12H14N4O3/c1-6(12(18)19)11(17)14-8-4-9-7(2)15-16(3)10(9)13-5-8/h4-6H,1-3H3,(H,14,17)(H,18,19). The Labute approximate surface area is 109 Å². The third kappa shape index (κ3) is 2.40. The van der Waals surface area contributed by atoms with E-state index < -0.39 is 17.8 Å².